The van der Waals surface area contributed by atoms with Crippen molar-refractivity contribution in [2.75, 3.05) is 5.73 Å². The maximum Gasteiger partial charge on any atom is 0.177 e. The van der Waals surface area contributed by atoms with E-state index < -0.39 is 11.6 Å². The lowest BCUT2D eigenvalue weighted by Gasteiger charge is -2.12. The van der Waals surface area contributed by atoms with Gasteiger partial charge in [-0.15, -0.1) is 10.2 Å². The van der Waals surface area contributed by atoms with E-state index in [2.05, 4.69) is 15.3 Å². The van der Waals surface area contributed by atoms with E-state index in [0.717, 1.165) is 12.1 Å². The van der Waals surface area contributed by atoms with Gasteiger partial charge in [-0.2, -0.15) is 9.61 Å². The van der Waals surface area contributed by atoms with E-state index >= 15 is 0 Å². The molecule has 2 heterocycles. The zero-order valence-electron chi connectivity index (χ0n) is 12.7. The van der Waals surface area contributed by atoms with Crippen LogP contribution in [0.3, 0.4) is 0 Å². The SMILES string of the molecule is Nc1ccc(Oc2ccc(F)cc2F)c(-c2ccc3nncn3n2)c1. The Bertz CT molecular complexity index is 1080. The summed E-state index contributed by atoms with van der Waals surface area (Å²) in [4.78, 5) is 0. The van der Waals surface area contributed by atoms with E-state index in [1.165, 1.54) is 16.9 Å². The standard InChI is InChI=1S/C17H11F2N5O/c18-10-1-4-16(13(19)7-10)25-15-5-2-11(20)8-12(15)14-3-6-17-22-21-9-24(17)23-14/h1-9H,20H2. The highest BCUT2D eigenvalue weighted by Gasteiger charge is 2.13. The lowest BCUT2D eigenvalue weighted by Crippen LogP contribution is -1.97. The first-order valence-corrected chi connectivity index (χ1v) is 7.30. The van der Waals surface area contributed by atoms with Gasteiger partial charge in [0.25, 0.3) is 0 Å². The highest BCUT2D eigenvalue weighted by molar-refractivity contribution is 5.72. The average molecular weight is 339 g/mol. The van der Waals surface area contributed by atoms with Crippen LogP contribution >= 0.6 is 0 Å². The van der Waals surface area contributed by atoms with Gasteiger partial charge in [-0.05, 0) is 42.5 Å². The molecule has 2 N–H and O–H groups in total. The first-order valence-electron chi connectivity index (χ1n) is 7.30. The molecular weight excluding hydrogens is 328 g/mol. The molecule has 0 radical (unpaired) electrons. The van der Waals surface area contributed by atoms with Crippen LogP contribution in [0.25, 0.3) is 16.9 Å². The molecule has 0 saturated heterocycles. The molecule has 0 aliphatic heterocycles. The molecule has 2 aromatic heterocycles. The summed E-state index contributed by atoms with van der Waals surface area (Å²) >= 11 is 0. The van der Waals surface area contributed by atoms with Crippen LogP contribution in [0.5, 0.6) is 11.5 Å². The van der Waals surface area contributed by atoms with E-state index in [9.17, 15) is 8.78 Å². The number of anilines is 1. The molecule has 4 rings (SSSR count). The zero-order valence-corrected chi connectivity index (χ0v) is 12.7. The molecule has 124 valence electrons. The Hall–Kier alpha value is -3.55. The molecule has 0 fully saturated rings. The van der Waals surface area contributed by atoms with Crippen LogP contribution < -0.4 is 10.5 Å². The van der Waals surface area contributed by atoms with E-state index in [0.29, 0.717) is 28.3 Å². The maximum absolute atomic E-state index is 13.9. The molecule has 8 heteroatoms. The molecule has 0 saturated carbocycles. The molecule has 0 atom stereocenters. The average Bonchev–Trinajstić information content (AvgIpc) is 3.06. The van der Waals surface area contributed by atoms with Crippen molar-refractivity contribution in [3.8, 4) is 22.8 Å². The quantitative estimate of drug-likeness (QED) is 0.579. The number of hydrogen-bond donors (Lipinski definition) is 1. The molecule has 0 unspecified atom stereocenters. The van der Waals surface area contributed by atoms with Crippen molar-refractivity contribution < 1.29 is 13.5 Å². The molecule has 0 spiro atoms. The second-order valence-electron chi connectivity index (χ2n) is 5.28. The van der Waals surface area contributed by atoms with Crippen LogP contribution in [0, 0.1) is 11.6 Å². The summed E-state index contributed by atoms with van der Waals surface area (Å²) in [5, 5.41) is 12.1. The number of fused-ring (bicyclic) bond motifs is 1. The van der Waals surface area contributed by atoms with E-state index in [1.807, 2.05) is 0 Å². The van der Waals surface area contributed by atoms with Crippen molar-refractivity contribution in [2.24, 2.45) is 0 Å². The van der Waals surface area contributed by atoms with Crippen LogP contribution in [0.15, 0.2) is 54.9 Å². The number of aromatic nitrogens is 4. The van der Waals surface area contributed by atoms with Crippen LogP contribution in [-0.4, -0.2) is 19.8 Å². The predicted molar refractivity (Wildman–Crippen MR) is 87.1 cm³/mol. The van der Waals surface area contributed by atoms with Gasteiger partial charge < -0.3 is 10.5 Å². The Balaban J connectivity index is 1.80. The van der Waals surface area contributed by atoms with Crippen molar-refractivity contribution in [1.29, 1.82) is 0 Å². The normalized spacial score (nSPS) is 11.0. The van der Waals surface area contributed by atoms with Gasteiger partial charge >= 0.3 is 0 Å². The van der Waals surface area contributed by atoms with Crippen molar-refractivity contribution in [3.05, 3.63) is 66.5 Å². The Morgan fingerprint density at radius 3 is 2.64 bits per heavy atom. The highest BCUT2D eigenvalue weighted by atomic mass is 19.1. The van der Waals surface area contributed by atoms with Gasteiger partial charge in [-0.3, -0.25) is 0 Å². The smallest absolute Gasteiger partial charge is 0.177 e. The predicted octanol–water partition coefficient (Wildman–Crippen LogP) is 3.44. The van der Waals surface area contributed by atoms with Crippen molar-refractivity contribution in [3.63, 3.8) is 0 Å². The summed E-state index contributed by atoms with van der Waals surface area (Å²) in [6.45, 7) is 0. The fraction of sp³-hybridized carbons (Fsp3) is 0. The number of nitrogens with zero attached hydrogens (tertiary/aromatic N) is 4. The Morgan fingerprint density at radius 1 is 0.960 bits per heavy atom. The van der Waals surface area contributed by atoms with Gasteiger partial charge in [0.15, 0.2) is 17.2 Å². The van der Waals surface area contributed by atoms with Crippen LogP contribution in [-0.2, 0) is 0 Å². The third-order valence-corrected chi connectivity index (χ3v) is 3.56. The fourth-order valence-electron chi connectivity index (χ4n) is 2.39. The second-order valence-corrected chi connectivity index (χ2v) is 5.28. The van der Waals surface area contributed by atoms with Gasteiger partial charge in [-0.25, -0.2) is 8.78 Å². The summed E-state index contributed by atoms with van der Waals surface area (Å²) in [5.41, 5.74) is 8.03. The van der Waals surface area contributed by atoms with Crippen LogP contribution in [0.1, 0.15) is 0 Å². The number of nitrogens with two attached hydrogens (primary N) is 1. The summed E-state index contributed by atoms with van der Waals surface area (Å²) in [6, 6.07) is 11.5. The Labute approximate surface area is 140 Å². The molecule has 4 aromatic rings. The third kappa shape index (κ3) is 2.85. The van der Waals surface area contributed by atoms with E-state index in [4.69, 9.17) is 10.5 Å². The second kappa shape index (κ2) is 5.82. The largest absolute Gasteiger partial charge is 0.454 e. The van der Waals surface area contributed by atoms with Crippen LogP contribution in [0.4, 0.5) is 14.5 Å². The number of nitrogen functional groups attached to an aromatic ring is 1. The molecule has 0 bridgehead atoms. The number of ether oxygens (including phenoxy) is 1. The minimum atomic E-state index is -0.801. The lowest BCUT2D eigenvalue weighted by molar-refractivity contribution is 0.439. The summed E-state index contributed by atoms with van der Waals surface area (Å²) in [5.74, 6) is -1.25. The molecule has 25 heavy (non-hydrogen) atoms. The summed E-state index contributed by atoms with van der Waals surface area (Å²) in [6.07, 6.45) is 1.46. The number of halogens is 2. The van der Waals surface area contributed by atoms with Crippen molar-refractivity contribution in [1.82, 2.24) is 19.8 Å². The zero-order chi connectivity index (χ0) is 17.4. The van der Waals surface area contributed by atoms with Gasteiger partial charge in [0.2, 0.25) is 0 Å². The molecule has 6 nitrogen and oxygen atoms in total. The lowest BCUT2D eigenvalue weighted by atomic mass is 10.1. The van der Waals surface area contributed by atoms with Gasteiger partial charge in [0.1, 0.15) is 17.9 Å². The third-order valence-electron chi connectivity index (χ3n) is 3.56. The number of benzene rings is 2. The number of rotatable bonds is 3. The first kappa shape index (κ1) is 15.0. The van der Waals surface area contributed by atoms with E-state index in [1.54, 1.807) is 30.3 Å². The van der Waals surface area contributed by atoms with Crippen LogP contribution in [0.2, 0.25) is 0 Å². The van der Waals surface area contributed by atoms with Crippen molar-refractivity contribution in [2.45, 2.75) is 0 Å². The Kier molecular flexibility index (Phi) is 3.50. The molecule has 0 amide bonds. The minimum absolute atomic E-state index is 0.0993. The highest BCUT2D eigenvalue weighted by Crippen LogP contribution is 2.35. The monoisotopic (exact) mass is 339 g/mol. The minimum Gasteiger partial charge on any atom is -0.454 e. The maximum atomic E-state index is 13.9. The molecule has 2 aromatic carbocycles. The van der Waals surface area contributed by atoms with Gasteiger partial charge in [0.05, 0.1) is 5.69 Å². The Morgan fingerprint density at radius 2 is 1.80 bits per heavy atom. The van der Waals surface area contributed by atoms with E-state index in [-0.39, 0.29) is 5.75 Å². The molecular formula is C17H11F2N5O. The summed E-state index contributed by atoms with van der Waals surface area (Å²) in [7, 11) is 0. The van der Waals surface area contributed by atoms with Crippen molar-refractivity contribution >= 4 is 11.3 Å². The first-order chi connectivity index (χ1) is 12.1. The van der Waals surface area contributed by atoms with Gasteiger partial charge in [0, 0.05) is 17.3 Å². The topological polar surface area (TPSA) is 78.3 Å². The molecule has 0 aliphatic rings. The summed E-state index contributed by atoms with van der Waals surface area (Å²) < 4.78 is 34.1. The number of hydrogen-bond acceptors (Lipinski definition) is 5. The molecule has 0 aliphatic carbocycles. The van der Waals surface area contributed by atoms with Gasteiger partial charge in [-0.1, -0.05) is 0 Å². The fourth-order valence-corrected chi connectivity index (χ4v) is 2.39.